The molecule has 174 valence electrons. The fourth-order valence-electron chi connectivity index (χ4n) is 4.49. The highest BCUT2D eigenvalue weighted by Crippen LogP contribution is 2.35. The van der Waals surface area contributed by atoms with Crippen LogP contribution < -0.4 is 4.74 Å². The molecular formula is C30H23N5O. The SMILES string of the molecule is COc1ccnc2c(-c3ccc(-c4nc(-c5ccccn5)cn4-c4cccnc4)cc3)cc(C)cc12. The van der Waals surface area contributed by atoms with Gasteiger partial charge in [0.25, 0.3) is 0 Å². The minimum absolute atomic E-state index is 0.805. The van der Waals surface area contributed by atoms with Crippen molar-refractivity contribution in [1.29, 1.82) is 0 Å². The summed E-state index contributed by atoms with van der Waals surface area (Å²) in [5.41, 5.74) is 7.78. The summed E-state index contributed by atoms with van der Waals surface area (Å²) in [4.78, 5) is 18.4. The molecule has 2 aromatic carbocycles. The molecule has 0 N–H and O–H groups in total. The number of aryl methyl sites for hydroxylation is 1. The molecule has 0 amide bonds. The molecule has 0 unspecified atom stereocenters. The van der Waals surface area contributed by atoms with Gasteiger partial charge in [-0.05, 0) is 60.5 Å². The summed E-state index contributed by atoms with van der Waals surface area (Å²) in [5.74, 6) is 1.64. The Bertz CT molecular complexity index is 1660. The minimum atomic E-state index is 0.805. The quantitative estimate of drug-likeness (QED) is 0.287. The van der Waals surface area contributed by atoms with E-state index in [4.69, 9.17) is 9.72 Å². The van der Waals surface area contributed by atoms with E-state index in [1.165, 1.54) is 0 Å². The molecule has 6 rings (SSSR count). The maximum atomic E-state index is 5.58. The van der Waals surface area contributed by atoms with Crippen LogP contribution in [0.5, 0.6) is 5.75 Å². The van der Waals surface area contributed by atoms with E-state index in [-0.39, 0.29) is 0 Å². The third kappa shape index (κ3) is 3.88. The lowest BCUT2D eigenvalue weighted by Gasteiger charge is -2.12. The highest BCUT2D eigenvalue weighted by molar-refractivity contribution is 5.97. The summed E-state index contributed by atoms with van der Waals surface area (Å²) in [6.45, 7) is 2.09. The zero-order valence-electron chi connectivity index (χ0n) is 20.0. The number of aromatic nitrogens is 5. The Hall–Kier alpha value is -4.84. The van der Waals surface area contributed by atoms with Crippen LogP contribution in [0.25, 0.3) is 50.5 Å². The van der Waals surface area contributed by atoms with Gasteiger partial charge < -0.3 is 4.74 Å². The van der Waals surface area contributed by atoms with E-state index < -0.39 is 0 Å². The zero-order valence-corrected chi connectivity index (χ0v) is 20.0. The first-order chi connectivity index (χ1) is 17.7. The number of ether oxygens (including phenoxy) is 1. The van der Waals surface area contributed by atoms with Crippen LogP contribution in [0.4, 0.5) is 0 Å². The lowest BCUT2D eigenvalue weighted by Crippen LogP contribution is -1.96. The normalized spacial score (nSPS) is 11.1. The van der Waals surface area contributed by atoms with E-state index in [0.29, 0.717) is 0 Å². The Kier molecular flexibility index (Phi) is 5.46. The van der Waals surface area contributed by atoms with E-state index in [1.807, 2.05) is 48.8 Å². The largest absolute Gasteiger partial charge is 0.496 e. The molecule has 0 aliphatic heterocycles. The van der Waals surface area contributed by atoms with E-state index in [1.54, 1.807) is 25.7 Å². The van der Waals surface area contributed by atoms with E-state index in [9.17, 15) is 0 Å². The molecule has 0 bridgehead atoms. The topological polar surface area (TPSA) is 65.7 Å². The van der Waals surface area contributed by atoms with Crippen molar-refractivity contribution in [2.24, 2.45) is 0 Å². The second-order valence-corrected chi connectivity index (χ2v) is 8.55. The Morgan fingerprint density at radius 1 is 0.778 bits per heavy atom. The predicted octanol–water partition coefficient (Wildman–Crippen LogP) is 6.53. The Morgan fingerprint density at radius 2 is 1.64 bits per heavy atom. The summed E-state index contributed by atoms with van der Waals surface area (Å²) in [6, 6.07) is 24.4. The Morgan fingerprint density at radius 3 is 2.39 bits per heavy atom. The fraction of sp³-hybridized carbons (Fsp3) is 0.0667. The third-order valence-electron chi connectivity index (χ3n) is 6.18. The number of hydrogen-bond donors (Lipinski definition) is 0. The molecule has 0 radical (unpaired) electrons. The number of benzene rings is 2. The van der Waals surface area contributed by atoms with Crippen LogP contribution in [0.3, 0.4) is 0 Å². The van der Waals surface area contributed by atoms with Crippen LogP contribution in [0.15, 0.2) is 104 Å². The molecule has 4 aromatic heterocycles. The second-order valence-electron chi connectivity index (χ2n) is 8.55. The molecule has 36 heavy (non-hydrogen) atoms. The van der Waals surface area contributed by atoms with Crippen LogP contribution in [0.1, 0.15) is 5.56 Å². The smallest absolute Gasteiger partial charge is 0.145 e. The molecule has 0 atom stereocenters. The lowest BCUT2D eigenvalue weighted by atomic mass is 9.98. The summed E-state index contributed by atoms with van der Waals surface area (Å²) < 4.78 is 7.64. The number of rotatable bonds is 5. The van der Waals surface area contributed by atoms with E-state index in [2.05, 4.69) is 62.8 Å². The van der Waals surface area contributed by atoms with Gasteiger partial charge in [0.15, 0.2) is 0 Å². The van der Waals surface area contributed by atoms with Gasteiger partial charge in [-0.3, -0.25) is 19.5 Å². The number of nitrogens with zero attached hydrogens (tertiary/aromatic N) is 5. The van der Waals surface area contributed by atoms with Gasteiger partial charge in [-0.25, -0.2) is 4.98 Å². The maximum Gasteiger partial charge on any atom is 0.145 e. The first-order valence-corrected chi connectivity index (χ1v) is 11.7. The molecule has 0 saturated heterocycles. The Balaban J connectivity index is 1.47. The van der Waals surface area contributed by atoms with Crippen molar-refractivity contribution < 1.29 is 4.74 Å². The van der Waals surface area contributed by atoms with Gasteiger partial charge in [-0.15, -0.1) is 0 Å². The van der Waals surface area contributed by atoms with Crippen LogP contribution >= 0.6 is 0 Å². The van der Waals surface area contributed by atoms with Gasteiger partial charge in [-0.2, -0.15) is 0 Å². The van der Waals surface area contributed by atoms with Crippen molar-refractivity contribution >= 4 is 10.9 Å². The van der Waals surface area contributed by atoms with Crippen LogP contribution in [0, 0.1) is 6.92 Å². The molecule has 0 aliphatic rings. The van der Waals surface area contributed by atoms with E-state index in [0.717, 1.165) is 61.8 Å². The average molecular weight is 470 g/mol. The van der Waals surface area contributed by atoms with Gasteiger partial charge in [0.05, 0.1) is 30.2 Å². The number of imidazole rings is 1. The van der Waals surface area contributed by atoms with Gasteiger partial charge in [0.1, 0.15) is 17.3 Å². The zero-order chi connectivity index (χ0) is 24.5. The van der Waals surface area contributed by atoms with Gasteiger partial charge in [0, 0.05) is 41.3 Å². The van der Waals surface area contributed by atoms with Gasteiger partial charge in [-0.1, -0.05) is 30.3 Å². The molecule has 0 spiro atoms. The lowest BCUT2D eigenvalue weighted by molar-refractivity contribution is 0.419. The van der Waals surface area contributed by atoms with Crippen molar-refractivity contribution in [3.63, 3.8) is 0 Å². The average Bonchev–Trinajstić information content (AvgIpc) is 3.39. The maximum absolute atomic E-state index is 5.58. The monoisotopic (exact) mass is 469 g/mol. The van der Waals surface area contributed by atoms with Crippen molar-refractivity contribution in [3.05, 3.63) is 109 Å². The first kappa shape index (κ1) is 21.7. The molecule has 6 aromatic rings. The molecule has 0 fully saturated rings. The van der Waals surface area contributed by atoms with Gasteiger partial charge in [0.2, 0.25) is 0 Å². The summed E-state index contributed by atoms with van der Waals surface area (Å²) >= 11 is 0. The molecule has 4 heterocycles. The van der Waals surface area contributed by atoms with Crippen LogP contribution in [-0.2, 0) is 0 Å². The third-order valence-corrected chi connectivity index (χ3v) is 6.18. The minimum Gasteiger partial charge on any atom is -0.496 e. The second kappa shape index (κ2) is 9.07. The standard InChI is InChI=1S/C30H23N5O/c1-20-16-24(29-25(17-20)28(36-2)12-15-33-29)21-8-10-22(11-9-21)30-34-27(26-7-3-4-14-32-26)19-35(30)23-6-5-13-31-18-23/h3-19H,1-2H3. The summed E-state index contributed by atoms with van der Waals surface area (Å²) in [7, 11) is 1.69. The molecule has 0 saturated carbocycles. The molecule has 6 nitrogen and oxygen atoms in total. The number of fused-ring (bicyclic) bond motifs is 1. The first-order valence-electron chi connectivity index (χ1n) is 11.7. The van der Waals surface area contributed by atoms with Crippen LogP contribution in [-0.4, -0.2) is 31.6 Å². The fourth-order valence-corrected chi connectivity index (χ4v) is 4.49. The van der Waals surface area contributed by atoms with Crippen LogP contribution in [0.2, 0.25) is 0 Å². The van der Waals surface area contributed by atoms with Crippen molar-refractivity contribution in [3.8, 4) is 45.3 Å². The summed E-state index contributed by atoms with van der Waals surface area (Å²) in [5, 5.41) is 1.01. The van der Waals surface area contributed by atoms with Crippen molar-refractivity contribution in [1.82, 2.24) is 24.5 Å². The molecular weight excluding hydrogens is 446 g/mol. The molecule has 0 aliphatic carbocycles. The van der Waals surface area contributed by atoms with Crippen molar-refractivity contribution in [2.75, 3.05) is 7.11 Å². The number of pyridine rings is 3. The summed E-state index contributed by atoms with van der Waals surface area (Å²) in [6.07, 6.45) is 9.18. The highest BCUT2D eigenvalue weighted by Gasteiger charge is 2.15. The highest BCUT2D eigenvalue weighted by atomic mass is 16.5. The Labute approximate surface area is 208 Å². The van der Waals surface area contributed by atoms with Crippen molar-refractivity contribution in [2.45, 2.75) is 6.92 Å². The predicted molar refractivity (Wildman–Crippen MR) is 142 cm³/mol. The molecule has 6 heteroatoms. The number of methoxy groups -OCH3 is 1. The van der Waals surface area contributed by atoms with Gasteiger partial charge >= 0.3 is 0 Å². The number of hydrogen-bond acceptors (Lipinski definition) is 5. The van der Waals surface area contributed by atoms with E-state index >= 15 is 0 Å².